The summed E-state index contributed by atoms with van der Waals surface area (Å²) in [6.07, 6.45) is 2.45. The Labute approximate surface area is 91.6 Å². The molecule has 0 aromatic heterocycles. The fourth-order valence-corrected chi connectivity index (χ4v) is 1.10. The van der Waals surface area contributed by atoms with Gasteiger partial charge in [-0.3, -0.25) is 0 Å². The minimum atomic E-state index is 0.685. The number of aryl methyl sites for hydroxylation is 1. The maximum Gasteiger partial charge on any atom is 0.0552 e. The topological polar surface area (TPSA) is 12.4 Å². The van der Waals surface area contributed by atoms with Crippen molar-refractivity contribution in [3.63, 3.8) is 0 Å². The van der Waals surface area contributed by atoms with Crippen molar-refractivity contribution in [2.45, 2.75) is 20.3 Å². The molecule has 1 aromatic carbocycles. The fourth-order valence-electron chi connectivity index (χ4n) is 1.10. The summed E-state index contributed by atoms with van der Waals surface area (Å²) in [6, 6.07) is 11.0. The van der Waals surface area contributed by atoms with Crippen molar-refractivity contribution in [1.29, 1.82) is 0 Å². The third kappa shape index (κ3) is 3.83. The maximum atomic E-state index is 4.17. The number of allylic oxidation sites excluding steroid dienone is 1. The first kappa shape index (κ1) is 11.3. The molecule has 0 unspecified atom stereocenters. The predicted molar refractivity (Wildman–Crippen MR) is 66.0 cm³/mol. The number of nitrogens with zero attached hydrogens (tertiary/aromatic N) is 1. The van der Waals surface area contributed by atoms with E-state index < -0.39 is 0 Å². The van der Waals surface area contributed by atoms with Crippen molar-refractivity contribution in [2.75, 3.05) is 0 Å². The molecule has 1 heteroatoms. The molecule has 1 rings (SSSR count). The zero-order chi connectivity index (χ0) is 11.1. The molecule has 0 fully saturated rings. The van der Waals surface area contributed by atoms with Crippen molar-refractivity contribution >= 4 is 5.71 Å². The summed E-state index contributed by atoms with van der Waals surface area (Å²) in [5.41, 5.74) is 3.32. The van der Waals surface area contributed by atoms with Gasteiger partial charge in [0.25, 0.3) is 0 Å². The monoisotopic (exact) mass is 197 g/mol. The Hall–Kier alpha value is -1.81. The second-order valence-corrected chi connectivity index (χ2v) is 3.34. The largest absolute Gasteiger partial charge is 0.202 e. The minimum Gasteiger partial charge on any atom is -0.202 e. The van der Waals surface area contributed by atoms with Gasteiger partial charge in [-0.1, -0.05) is 41.8 Å². The Balaban J connectivity index is 2.77. The van der Waals surface area contributed by atoms with Crippen LogP contribution in [0.5, 0.6) is 0 Å². The lowest BCUT2D eigenvalue weighted by molar-refractivity contribution is 1.44. The van der Waals surface area contributed by atoms with Crippen LogP contribution in [0.4, 0.5) is 0 Å². The van der Waals surface area contributed by atoms with E-state index in [2.05, 4.69) is 54.7 Å². The van der Waals surface area contributed by atoms with Crippen LogP contribution in [0, 0.1) is 18.9 Å². The standard InChI is InChI=1S/C14H15N/c1-4-5-6-11-15-13(3)14-9-7-12(2)8-10-14/h4,7-10H,1,5H2,2-3H3. The normalized spacial score (nSPS) is 10.4. The van der Waals surface area contributed by atoms with Gasteiger partial charge >= 0.3 is 0 Å². The summed E-state index contributed by atoms with van der Waals surface area (Å²) in [4.78, 5) is 4.17. The molecule has 0 saturated heterocycles. The molecule has 0 heterocycles. The van der Waals surface area contributed by atoms with Crippen LogP contribution in [0.15, 0.2) is 41.9 Å². The van der Waals surface area contributed by atoms with Gasteiger partial charge in [0.05, 0.1) is 5.71 Å². The lowest BCUT2D eigenvalue weighted by Gasteiger charge is -1.98. The van der Waals surface area contributed by atoms with Crippen LogP contribution in [0.2, 0.25) is 0 Å². The Kier molecular flexibility index (Phi) is 4.37. The molecular weight excluding hydrogens is 182 g/mol. The molecule has 0 N–H and O–H groups in total. The molecule has 0 aliphatic heterocycles. The second kappa shape index (κ2) is 5.82. The molecule has 0 saturated carbocycles. The summed E-state index contributed by atoms with van der Waals surface area (Å²) in [7, 11) is 0. The van der Waals surface area contributed by atoms with Crippen molar-refractivity contribution in [3.05, 3.63) is 48.0 Å². The first-order valence-electron chi connectivity index (χ1n) is 4.94. The van der Waals surface area contributed by atoms with Crippen molar-refractivity contribution in [3.8, 4) is 12.0 Å². The van der Waals surface area contributed by atoms with Gasteiger partial charge < -0.3 is 0 Å². The zero-order valence-corrected chi connectivity index (χ0v) is 9.25. The van der Waals surface area contributed by atoms with Crippen LogP contribution in [0.25, 0.3) is 0 Å². The van der Waals surface area contributed by atoms with Gasteiger partial charge in [-0.2, -0.15) is 0 Å². The van der Waals surface area contributed by atoms with Gasteiger partial charge in [0.2, 0.25) is 0 Å². The van der Waals surface area contributed by atoms with Crippen LogP contribution >= 0.6 is 0 Å². The van der Waals surface area contributed by atoms with Crippen molar-refractivity contribution < 1.29 is 0 Å². The molecule has 1 nitrogen and oxygen atoms in total. The number of aliphatic imine (C=N–C) groups is 1. The highest BCUT2D eigenvalue weighted by molar-refractivity contribution is 5.99. The van der Waals surface area contributed by atoms with Gasteiger partial charge in [-0.15, -0.1) is 6.58 Å². The predicted octanol–water partition coefficient (Wildman–Crippen LogP) is 3.34. The van der Waals surface area contributed by atoms with Gasteiger partial charge in [0, 0.05) is 12.5 Å². The van der Waals surface area contributed by atoms with Gasteiger partial charge in [0.1, 0.15) is 0 Å². The lowest BCUT2D eigenvalue weighted by Crippen LogP contribution is -1.93. The van der Waals surface area contributed by atoms with E-state index in [-0.39, 0.29) is 0 Å². The molecule has 0 amide bonds. The number of benzene rings is 1. The van der Waals surface area contributed by atoms with Gasteiger partial charge in [-0.25, -0.2) is 4.99 Å². The molecule has 0 spiro atoms. The molecule has 0 radical (unpaired) electrons. The summed E-state index contributed by atoms with van der Waals surface area (Å²) >= 11 is 0. The van der Waals surface area contributed by atoms with Crippen LogP contribution in [0.3, 0.4) is 0 Å². The average molecular weight is 197 g/mol. The van der Waals surface area contributed by atoms with E-state index in [1.54, 1.807) is 6.08 Å². The number of hydrogen-bond donors (Lipinski definition) is 0. The summed E-state index contributed by atoms with van der Waals surface area (Å²) in [5, 5.41) is 0. The zero-order valence-electron chi connectivity index (χ0n) is 9.25. The van der Waals surface area contributed by atoms with Gasteiger partial charge in [-0.05, 0) is 19.4 Å². The van der Waals surface area contributed by atoms with Crippen molar-refractivity contribution in [2.24, 2.45) is 4.99 Å². The fraction of sp³-hybridized carbons (Fsp3) is 0.214. The first-order chi connectivity index (χ1) is 7.24. The molecule has 0 atom stereocenters. The molecule has 76 valence electrons. The quantitative estimate of drug-likeness (QED) is 0.392. The first-order valence-corrected chi connectivity index (χ1v) is 4.94. The van der Waals surface area contributed by atoms with Crippen LogP contribution in [-0.4, -0.2) is 5.71 Å². The molecular formula is C14H15N. The van der Waals surface area contributed by atoms with Crippen LogP contribution in [-0.2, 0) is 0 Å². The van der Waals surface area contributed by atoms with Gasteiger partial charge in [0.15, 0.2) is 0 Å². The van der Waals surface area contributed by atoms with E-state index in [1.165, 1.54) is 5.56 Å². The van der Waals surface area contributed by atoms with E-state index in [4.69, 9.17) is 0 Å². The lowest BCUT2D eigenvalue weighted by atomic mass is 10.1. The van der Waals surface area contributed by atoms with E-state index in [9.17, 15) is 0 Å². The molecule has 0 aliphatic rings. The summed E-state index contributed by atoms with van der Waals surface area (Å²) in [6.45, 7) is 7.63. The summed E-state index contributed by atoms with van der Waals surface area (Å²) < 4.78 is 0. The third-order valence-electron chi connectivity index (χ3n) is 2.02. The molecule has 15 heavy (non-hydrogen) atoms. The Bertz CT molecular complexity index is 413. The van der Waals surface area contributed by atoms with E-state index in [0.29, 0.717) is 6.42 Å². The molecule has 1 aromatic rings. The molecule has 0 aliphatic carbocycles. The second-order valence-electron chi connectivity index (χ2n) is 3.34. The Morgan fingerprint density at radius 3 is 2.67 bits per heavy atom. The number of rotatable bonds is 2. The van der Waals surface area contributed by atoms with E-state index >= 15 is 0 Å². The third-order valence-corrected chi connectivity index (χ3v) is 2.02. The number of hydrogen-bond acceptors (Lipinski definition) is 1. The maximum absolute atomic E-state index is 4.17. The van der Waals surface area contributed by atoms with E-state index in [1.807, 2.05) is 6.92 Å². The smallest absolute Gasteiger partial charge is 0.0552 e. The van der Waals surface area contributed by atoms with Crippen LogP contribution < -0.4 is 0 Å². The Morgan fingerprint density at radius 2 is 2.07 bits per heavy atom. The Morgan fingerprint density at radius 1 is 1.40 bits per heavy atom. The van der Waals surface area contributed by atoms with Crippen molar-refractivity contribution in [1.82, 2.24) is 0 Å². The average Bonchev–Trinajstić information content (AvgIpc) is 2.25. The van der Waals surface area contributed by atoms with E-state index in [0.717, 1.165) is 11.3 Å². The molecule has 0 bridgehead atoms. The highest BCUT2D eigenvalue weighted by Gasteiger charge is 1.94. The minimum absolute atomic E-state index is 0.685. The SMILES string of the molecule is C=CCC#CN=C(C)c1ccc(C)cc1. The summed E-state index contributed by atoms with van der Waals surface area (Å²) in [5.74, 6) is 2.89. The van der Waals surface area contributed by atoms with Crippen LogP contribution in [0.1, 0.15) is 24.5 Å². The highest BCUT2D eigenvalue weighted by atomic mass is 14.7. The highest BCUT2D eigenvalue weighted by Crippen LogP contribution is 2.04.